The highest BCUT2D eigenvalue weighted by atomic mass is 32.2. The van der Waals surface area contributed by atoms with E-state index < -0.39 is 10.0 Å². The Morgan fingerprint density at radius 2 is 2.17 bits per heavy atom. The van der Waals surface area contributed by atoms with Crippen molar-refractivity contribution in [3.05, 3.63) is 24.3 Å². The average Bonchev–Trinajstić information content (AvgIpc) is 3.00. The molecule has 1 aliphatic rings. The molecule has 1 aliphatic heterocycles. The zero-order valence-electron chi connectivity index (χ0n) is 14.5. The van der Waals surface area contributed by atoms with Gasteiger partial charge in [-0.3, -0.25) is 0 Å². The summed E-state index contributed by atoms with van der Waals surface area (Å²) in [6.07, 6.45) is 2.48. The fourth-order valence-electron chi connectivity index (χ4n) is 3.03. The molecule has 0 radical (unpaired) electrons. The second-order valence-electron chi connectivity index (χ2n) is 6.25. The summed E-state index contributed by atoms with van der Waals surface area (Å²) in [5.74, 6) is 0. The van der Waals surface area contributed by atoms with Crippen LogP contribution in [-0.4, -0.2) is 57.6 Å². The second kappa shape index (κ2) is 8.24. The summed E-state index contributed by atoms with van der Waals surface area (Å²) in [4.78, 5) is 1.86. The molecule has 0 aliphatic carbocycles. The van der Waals surface area contributed by atoms with Crippen molar-refractivity contribution in [3.8, 4) is 0 Å². The number of likely N-dealkylation sites (N-methyl/N-ethyl adjacent to an activating group) is 1. The van der Waals surface area contributed by atoms with Crippen LogP contribution in [0.3, 0.4) is 0 Å². The van der Waals surface area contributed by atoms with Crippen LogP contribution in [0.25, 0.3) is 0 Å². The summed E-state index contributed by atoms with van der Waals surface area (Å²) in [6.45, 7) is 5.41. The highest BCUT2D eigenvalue weighted by Gasteiger charge is 2.26. The van der Waals surface area contributed by atoms with Crippen molar-refractivity contribution in [2.24, 2.45) is 0 Å². The summed E-state index contributed by atoms with van der Waals surface area (Å²) in [7, 11) is -0.407. The second-order valence-corrected chi connectivity index (χ2v) is 8.81. The fourth-order valence-corrected chi connectivity index (χ4v) is 4.18. The van der Waals surface area contributed by atoms with Crippen molar-refractivity contribution in [1.82, 2.24) is 9.62 Å². The number of sulfonamides is 1. The Bertz CT molecular complexity index is 676. The SMILES string of the molecule is CC[NH+]1CCC[C@H]1CNC(=S)Nc1cccc(S(=O)(=O)N(C)C)c1. The molecule has 1 aromatic carbocycles. The summed E-state index contributed by atoms with van der Waals surface area (Å²) in [5, 5.41) is 6.86. The third kappa shape index (κ3) is 4.66. The first-order valence-electron chi connectivity index (χ1n) is 8.26. The Kier molecular flexibility index (Phi) is 6.56. The normalized spacial score (nSPS) is 21.0. The van der Waals surface area contributed by atoms with Crippen LogP contribution in [0, 0.1) is 0 Å². The van der Waals surface area contributed by atoms with Gasteiger partial charge < -0.3 is 15.5 Å². The van der Waals surface area contributed by atoms with E-state index in [-0.39, 0.29) is 4.90 Å². The van der Waals surface area contributed by atoms with Gasteiger partial charge in [0.2, 0.25) is 10.0 Å². The molecule has 2 atom stereocenters. The fraction of sp³-hybridized carbons (Fsp3) is 0.562. The van der Waals surface area contributed by atoms with Crippen LogP contribution in [0.2, 0.25) is 0 Å². The number of benzene rings is 1. The first-order valence-corrected chi connectivity index (χ1v) is 10.1. The van der Waals surface area contributed by atoms with E-state index in [0.717, 1.165) is 13.1 Å². The Morgan fingerprint density at radius 1 is 1.42 bits per heavy atom. The summed E-state index contributed by atoms with van der Waals surface area (Å²) in [5.41, 5.74) is 0.668. The standard InChI is InChI=1S/C16H26N4O2S2/c1-4-20-10-6-8-14(20)12-17-16(23)18-13-7-5-9-15(11-13)24(21,22)19(2)3/h5,7,9,11,14H,4,6,8,10,12H2,1-3H3,(H2,17,18,23)/p+1/t14-/m0/s1. The molecule has 24 heavy (non-hydrogen) atoms. The van der Waals surface area contributed by atoms with Crippen LogP contribution in [0.4, 0.5) is 5.69 Å². The molecule has 0 aromatic heterocycles. The van der Waals surface area contributed by atoms with E-state index in [2.05, 4.69) is 17.6 Å². The molecule has 1 heterocycles. The van der Waals surface area contributed by atoms with Gasteiger partial charge in [0.15, 0.2) is 5.11 Å². The number of thiocarbonyl (C=S) groups is 1. The monoisotopic (exact) mass is 371 g/mol. The van der Waals surface area contributed by atoms with Crippen molar-refractivity contribution in [2.75, 3.05) is 39.0 Å². The van der Waals surface area contributed by atoms with Crippen molar-refractivity contribution in [1.29, 1.82) is 0 Å². The number of hydrogen-bond acceptors (Lipinski definition) is 3. The molecule has 0 bridgehead atoms. The van der Waals surface area contributed by atoms with Gasteiger partial charge in [-0.25, -0.2) is 12.7 Å². The third-order valence-electron chi connectivity index (χ3n) is 4.46. The van der Waals surface area contributed by atoms with Gasteiger partial charge in [0.25, 0.3) is 0 Å². The van der Waals surface area contributed by atoms with E-state index in [4.69, 9.17) is 12.2 Å². The predicted octanol–water partition coefficient (Wildman–Crippen LogP) is 0.291. The molecule has 1 unspecified atom stereocenters. The molecule has 3 N–H and O–H groups in total. The number of nitrogens with one attached hydrogen (secondary N) is 3. The maximum Gasteiger partial charge on any atom is 0.242 e. The van der Waals surface area contributed by atoms with E-state index >= 15 is 0 Å². The van der Waals surface area contributed by atoms with Crippen LogP contribution < -0.4 is 15.5 Å². The lowest BCUT2D eigenvalue weighted by Crippen LogP contribution is -3.14. The third-order valence-corrected chi connectivity index (χ3v) is 6.52. The lowest BCUT2D eigenvalue weighted by molar-refractivity contribution is -0.909. The molecule has 8 heteroatoms. The summed E-state index contributed by atoms with van der Waals surface area (Å²) >= 11 is 5.34. The van der Waals surface area contributed by atoms with E-state index in [1.807, 2.05) is 6.07 Å². The van der Waals surface area contributed by atoms with Crippen LogP contribution in [0.1, 0.15) is 19.8 Å². The lowest BCUT2D eigenvalue weighted by atomic mass is 10.2. The largest absolute Gasteiger partial charge is 0.356 e. The lowest BCUT2D eigenvalue weighted by Gasteiger charge is -2.21. The number of hydrogen-bond donors (Lipinski definition) is 3. The van der Waals surface area contributed by atoms with Crippen molar-refractivity contribution < 1.29 is 13.3 Å². The molecule has 0 saturated carbocycles. The van der Waals surface area contributed by atoms with Crippen LogP contribution >= 0.6 is 12.2 Å². The van der Waals surface area contributed by atoms with E-state index in [0.29, 0.717) is 16.8 Å². The molecule has 134 valence electrons. The molecule has 2 rings (SSSR count). The smallest absolute Gasteiger partial charge is 0.242 e. The van der Waals surface area contributed by atoms with Crippen molar-refractivity contribution in [3.63, 3.8) is 0 Å². The minimum Gasteiger partial charge on any atom is -0.356 e. The topological polar surface area (TPSA) is 65.9 Å². The number of nitrogens with zero attached hydrogens (tertiary/aromatic N) is 1. The van der Waals surface area contributed by atoms with E-state index in [1.165, 1.54) is 37.8 Å². The molecule has 0 spiro atoms. The van der Waals surface area contributed by atoms with Gasteiger partial charge >= 0.3 is 0 Å². The maximum absolute atomic E-state index is 12.2. The van der Waals surface area contributed by atoms with Crippen molar-refractivity contribution in [2.45, 2.75) is 30.7 Å². The molecule has 6 nitrogen and oxygen atoms in total. The van der Waals surface area contributed by atoms with Crippen LogP contribution in [-0.2, 0) is 10.0 Å². The zero-order valence-corrected chi connectivity index (χ0v) is 16.1. The molecule has 1 fully saturated rings. The summed E-state index contributed by atoms with van der Waals surface area (Å²) < 4.78 is 25.6. The molecule has 0 amide bonds. The highest BCUT2D eigenvalue weighted by Crippen LogP contribution is 2.17. The minimum absolute atomic E-state index is 0.248. The number of likely N-dealkylation sites (tertiary alicyclic amines) is 1. The Morgan fingerprint density at radius 3 is 2.83 bits per heavy atom. The zero-order chi connectivity index (χ0) is 17.7. The Hall–Kier alpha value is -1.22. The van der Waals surface area contributed by atoms with Gasteiger partial charge in [-0.05, 0) is 37.3 Å². The van der Waals surface area contributed by atoms with Gasteiger partial charge in [-0.2, -0.15) is 0 Å². The quantitative estimate of drug-likeness (QED) is 0.628. The highest BCUT2D eigenvalue weighted by molar-refractivity contribution is 7.89. The molecular formula is C16H27N4O2S2+. The first kappa shape index (κ1) is 19.1. The predicted molar refractivity (Wildman–Crippen MR) is 101 cm³/mol. The van der Waals surface area contributed by atoms with Crippen LogP contribution in [0.5, 0.6) is 0 Å². The minimum atomic E-state index is -3.44. The molecule has 1 aromatic rings. The summed E-state index contributed by atoms with van der Waals surface area (Å²) in [6, 6.07) is 7.29. The van der Waals surface area contributed by atoms with Gasteiger partial charge in [0, 0.05) is 32.6 Å². The number of anilines is 1. The van der Waals surface area contributed by atoms with Gasteiger partial charge in [0.05, 0.1) is 24.5 Å². The number of quaternary nitrogens is 1. The molecule has 1 saturated heterocycles. The van der Waals surface area contributed by atoms with Crippen molar-refractivity contribution >= 4 is 33.0 Å². The van der Waals surface area contributed by atoms with Gasteiger partial charge in [-0.1, -0.05) is 6.07 Å². The number of rotatable bonds is 6. The van der Waals surface area contributed by atoms with E-state index in [1.54, 1.807) is 23.1 Å². The Labute approximate surface area is 150 Å². The van der Waals surface area contributed by atoms with Gasteiger partial charge in [-0.15, -0.1) is 0 Å². The van der Waals surface area contributed by atoms with E-state index in [9.17, 15) is 8.42 Å². The Balaban J connectivity index is 1.95. The first-order chi connectivity index (χ1) is 11.3. The average molecular weight is 372 g/mol. The van der Waals surface area contributed by atoms with Gasteiger partial charge in [0.1, 0.15) is 6.04 Å². The molecular weight excluding hydrogens is 344 g/mol. The van der Waals surface area contributed by atoms with Crippen LogP contribution in [0.15, 0.2) is 29.2 Å². The maximum atomic E-state index is 12.2.